The van der Waals surface area contributed by atoms with Gasteiger partial charge >= 0.3 is 0 Å². The molecular formula is C12H12FN5. The van der Waals surface area contributed by atoms with Crippen LogP contribution < -0.4 is 10.6 Å². The first kappa shape index (κ1) is 10.9. The molecule has 0 bridgehead atoms. The Bertz CT molecular complexity index is 556. The second kappa shape index (κ2) is 4.56. The maximum absolute atomic E-state index is 13.0. The van der Waals surface area contributed by atoms with Crippen LogP contribution in [0.5, 0.6) is 0 Å². The Morgan fingerprint density at radius 3 is 2.94 bits per heavy atom. The molecule has 2 aromatic rings. The van der Waals surface area contributed by atoms with E-state index in [0.717, 1.165) is 12.8 Å². The van der Waals surface area contributed by atoms with Gasteiger partial charge in [-0.15, -0.1) is 5.10 Å². The van der Waals surface area contributed by atoms with E-state index in [4.69, 9.17) is 0 Å². The summed E-state index contributed by atoms with van der Waals surface area (Å²) in [4.78, 5) is 4.26. The predicted molar refractivity (Wildman–Crippen MR) is 66.2 cm³/mol. The molecule has 18 heavy (non-hydrogen) atoms. The van der Waals surface area contributed by atoms with E-state index in [9.17, 15) is 4.39 Å². The summed E-state index contributed by atoms with van der Waals surface area (Å²) in [7, 11) is 0. The molecule has 1 aliphatic carbocycles. The maximum Gasteiger partial charge on any atom is 0.244 e. The summed E-state index contributed by atoms with van der Waals surface area (Å²) in [6.45, 7) is 0. The largest absolute Gasteiger partial charge is 0.350 e. The SMILES string of the molecule is Fc1cccc(Nc2cnnc(NC3CC3)n2)c1. The molecule has 1 saturated carbocycles. The lowest BCUT2D eigenvalue weighted by Crippen LogP contribution is -2.07. The highest BCUT2D eigenvalue weighted by molar-refractivity contribution is 5.55. The summed E-state index contributed by atoms with van der Waals surface area (Å²) in [5.41, 5.74) is 0.632. The molecule has 0 unspecified atom stereocenters. The van der Waals surface area contributed by atoms with Crippen LogP contribution in [0.1, 0.15) is 12.8 Å². The molecule has 0 saturated heterocycles. The summed E-state index contributed by atoms with van der Waals surface area (Å²) >= 11 is 0. The van der Waals surface area contributed by atoms with Gasteiger partial charge in [-0.3, -0.25) is 0 Å². The Balaban J connectivity index is 1.75. The molecule has 0 radical (unpaired) electrons. The van der Waals surface area contributed by atoms with Crippen LogP contribution in [-0.4, -0.2) is 21.2 Å². The van der Waals surface area contributed by atoms with Crippen LogP contribution in [-0.2, 0) is 0 Å². The normalized spacial score (nSPS) is 14.3. The molecule has 1 aromatic carbocycles. The van der Waals surface area contributed by atoms with Gasteiger partial charge in [-0.1, -0.05) is 6.07 Å². The van der Waals surface area contributed by atoms with Crippen LogP contribution in [0.15, 0.2) is 30.5 Å². The molecule has 0 amide bonds. The first-order chi connectivity index (χ1) is 8.79. The van der Waals surface area contributed by atoms with Crippen molar-refractivity contribution in [3.63, 3.8) is 0 Å². The zero-order chi connectivity index (χ0) is 12.4. The average molecular weight is 245 g/mol. The lowest BCUT2D eigenvalue weighted by Gasteiger charge is -2.06. The molecule has 3 rings (SSSR count). The minimum absolute atomic E-state index is 0.293. The van der Waals surface area contributed by atoms with Crippen molar-refractivity contribution in [3.05, 3.63) is 36.3 Å². The van der Waals surface area contributed by atoms with Gasteiger partial charge < -0.3 is 10.6 Å². The zero-order valence-corrected chi connectivity index (χ0v) is 9.60. The van der Waals surface area contributed by atoms with Crippen molar-refractivity contribution in [1.29, 1.82) is 0 Å². The second-order valence-corrected chi connectivity index (χ2v) is 4.22. The van der Waals surface area contributed by atoms with E-state index in [1.165, 1.54) is 18.3 Å². The molecule has 2 N–H and O–H groups in total. The molecule has 1 heterocycles. The fraction of sp³-hybridized carbons (Fsp3) is 0.250. The number of benzene rings is 1. The van der Waals surface area contributed by atoms with Gasteiger partial charge in [0.05, 0.1) is 6.20 Å². The van der Waals surface area contributed by atoms with Gasteiger partial charge in [0.25, 0.3) is 0 Å². The monoisotopic (exact) mass is 245 g/mol. The zero-order valence-electron chi connectivity index (χ0n) is 9.60. The highest BCUT2D eigenvalue weighted by atomic mass is 19.1. The summed E-state index contributed by atoms with van der Waals surface area (Å²) in [6, 6.07) is 6.66. The number of rotatable bonds is 4. The van der Waals surface area contributed by atoms with Crippen LogP contribution in [0.25, 0.3) is 0 Å². The van der Waals surface area contributed by atoms with Gasteiger partial charge in [-0.2, -0.15) is 10.1 Å². The van der Waals surface area contributed by atoms with Crippen LogP contribution in [0.2, 0.25) is 0 Å². The highest BCUT2D eigenvalue weighted by Gasteiger charge is 2.22. The number of nitrogens with zero attached hydrogens (tertiary/aromatic N) is 3. The summed E-state index contributed by atoms with van der Waals surface area (Å²) in [6.07, 6.45) is 3.79. The van der Waals surface area contributed by atoms with Crippen molar-refractivity contribution in [1.82, 2.24) is 15.2 Å². The summed E-state index contributed by atoms with van der Waals surface area (Å²) in [5, 5.41) is 13.9. The molecule has 0 aliphatic heterocycles. The van der Waals surface area contributed by atoms with Crippen LogP contribution in [0.4, 0.5) is 21.8 Å². The predicted octanol–water partition coefficient (Wildman–Crippen LogP) is 2.33. The van der Waals surface area contributed by atoms with Gasteiger partial charge in [0.2, 0.25) is 5.95 Å². The quantitative estimate of drug-likeness (QED) is 0.865. The molecule has 6 heteroatoms. The van der Waals surface area contributed by atoms with E-state index in [1.807, 2.05) is 0 Å². The number of hydrogen-bond donors (Lipinski definition) is 2. The highest BCUT2D eigenvalue weighted by Crippen LogP contribution is 2.23. The van der Waals surface area contributed by atoms with Crippen LogP contribution in [0.3, 0.4) is 0 Å². The van der Waals surface area contributed by atoms with Crippen LogP contribution in [0, 0.1) is 5.82 Å². The number of aromatic nitrogens is 3. The molecular weight excluding hydrogens is 233 g/mol. The topological polar surface area (TPSA) is 62.7 Å². The Morgan fingerprint density at radius 1 is 1.28 bits per heavy atom. The minimum atomic E-state index is -0.293. The number of halogens is 1. The van der Waals surface area contributed by atoms with Crippen LogP contribution >= 0.6 is 0 Å². The molecule has 1 aliphatic rings. The number of nitrogens with one attached hydrogen (secondary N) is 2. The molecule has 1 fully saturated rings. The first-order valence-corrected chi connectivity index (χ1v) is 5.78. The Hall–Kier alpha value is -2.24. The van der Waals surface area contributed by atoms with E-state index in [0.29, 0.717) is 23.5 Å². The standard InChI is InChI=1S/C12H12FN5/c13-8-2-1-3-10(6-8)15-11-7-14-18-12(17-11)16-9-4-5-9/h1-3,6-7,9H,4-5H2,(H2,15,16,17,18). The summed E-state index contributed by atoms with van der Waals surface area (Å²) < 4.78 is 13.0. The lowest BCUT2D eigenvalue weighted by atomic mass is 10.3. The van der Waals surface area contributed by atoms with E-state index in [-0.39, 0.29) is 5.82 Å². The van der Waals surface area contributed by atoms with Crippen molar-refractivity contribution in [3.8, 4) is 0 Å². The van der Waals surface area contributed by atoms with Crippen molar-refractivity contribution < 1.29 is 4.39 Å². The van der Waals surface area contributed by atoms with Gasteiger partial charge in [-0.05, 0) is 31.0 Å². The Kier molecular flexibility index (Phi) is 2.76. The fourth-order valence-electron chi connectivity index (χ4n) is 1.55. The van der Waals surface area contributed by atoms with E-state index >= 15 is 0 Å². The third-order valence-corrected chi connectivity index (χ3v) is 2.57. The lowest BCUT2D eigenvalue weighted by molar-refractivity contribution is 0.628. The van der Waals surface area contributed by atoms with Gasteiger partial charge in [0.15, 0.2) is 5.82 Å². The van der Waals surface area contributed by atoms with Gasteiger partial charge in [0.1, 0.15) is 5.82 Å². The van der Waals surface area contributed by atoms with E-state index < -0.39 is 0 Å². The van der Waals surface area contributed by atoms with Crippen molar-refractivity contribution >= 4 is 17.5 Å². The van der Waals surface area contributed by atoms with Crippen molar-refractivity contribution in [2.75, 3.05) is 10.6 Å². The Morgan fingerprint density at radius 2 is 2.17 bits per heavy atom. The fourth-order valence-corrected chi connectivity index (χ4v) is 1.55. The minimum Gasteiger partial charge on any atom is -0.350 e. The van der Waals surface area contributed by atoms with E-state index in [2.05, 4.69) is 25.8 Å². The number of hydrogen-bond acceptors (Lipinski definition) is 5. The third-order valence-electron chi connectivity index (χ3n) is 2.57. The first-order valence-electron chi connectivity index (χ1n) is 5.78. The molecule has 0 spiro atoms. The molecule has 1 aromatic heterocycles. The third kappa shape index (κ3) is 2.71. The average Bonchev–Trinajstić information content (AvgIpc) is 3.13. The smallest absolute Gasteiger partial charge is 0.244 e. The van der Waals surface area contributed by atoms with Gasteiger partial charge in [-0.25, -0.2) is 4.39 Å². The Labute approximate surface area is 103 Å². The summed E-state index contributed by atoms with van der Waals surface area (Å²) in [5.74, 6) is 0.746. The molecule has 5 nitrogen and oxygen atoms in total. The molecule has 92 valence electrons. The second-order valence-electron chi connectivity index (χ2n) is 4.22. The number of anilines is 3. The maximum atomic E-state index is 13.0. The van der Waals surface area contributed by atoms with Crippen molar-refractivity contribution in [2.24, 2.45) is 0 Å². The van der Waals surface area contributed by atoms with E-state index in [1.54, 1.807) is 12.1 Å². The van der Waals surface area contributed by atoms with Gasteiger partial charge in [0, 0.05) is 11.7 Å². The molecule has 0 atom stereocenters. The van der Waals surface area contributed by atoms with Crippen molar-refractivity contribution in [2.45, 2.75) is 18.9 Å².